The Morgan fingerprint density at radius 1 is 0.909 bits per heavy atom. The third-order valence-corrected chi connectivity index (χ3v) is 3.38. The SMILES string of the molecule is NC(=O)c1oc(Cc2ccccc2)nc1Cc1ccccc1. The lowest BCUT2D eigenvalue weighted by Crippen LogP contribution is -2.12. The van der Waals surface area contributed by atoms with Gasteiger partial charge in [0, 0.05) is 12.8 Å². The number of hydrogen-bond donors (Lipinski definition) is 1. The van der Waals surface area contributed by atoms with E-state index in [1.165, 1.54) is 0 Å². The summed E-state index contributed by atoms with van der Waals surface area (Å²) in [6.45, 7) is 0. The molecule has 0 spiro atoms. The van der Waals surface area contributed by atoms with Gasteiger partial charge in [0.2, 0.25) is 5.76 Å². The van der Waals surface area contributed by atoms with Crippen molar-refractivity contribution in [3.63, 3.8) is 0 Å². The normalized spacial score (nSPS) is 10.5. The van der Waals surface area contributed by atoms with Gasteiger partial charge in [0.05, 0.1) is 5.69 Å². The highest BCUT2D eigenvalue weighted by atomic mass is 16.4. The second-order valence-corrected chi connectivity index (χ2v) is 5.07. The zero-order chi connectivity index (χ0) is 15.4. The summed E-state index contributed by atoms with van der Waals surface area (Å²) >= 11 is 0. The van der Waals surface area contributed by atoms with E-state index in [4.69, 9.17) is 10.2 Å². The fourth-order valence-corrected chi connectivity index (χ4v) is 2.35. The molecule has 0 bridgehead atoms. The van der Waals surface area contributed by atoms with Crippen molar-refractivity contribution in [3.8, 4) is 0 Å². The largest absolute Gasteiger partial charge is 0.435 e. The van der Waals surface area contributed by atoms with Crippen molar-refractivity contribution in [1.82, 2.24) is 4.98 Å². The molecule has 0 aliphatic carbocycles. The number of benzene rings is 2. The zero-order valence-corrected chi connectivity index (χ0v) is 12.0. The maximum atomic E-state index is 11.6. The van der Waals surface area contributed by atoms with Crippen molar-refractivity contribution < 1.29 is 9.21 Å². The Balaban J connectivity index is 1.87. The molecule has 0 fully saturated rings. The molecule has 0 saturated heterocycles. The number of amides is 1. The molecular weight excluding hydrogens is 276 g/mol. The van der Waals surface area contributed by atoms with Gasteiger partial charge in [-0.15, -0.1) is 0 Å². The number of nitrogens with zero attached hydrogens (tertiary/aromatic N) is 1. The van der Waals surface area contributed by atoms with Crippen LogP contribution in [0.2, 0.25) is 0 Å². The first-order valence-corrected chi connectivity index (χ1v) is 7.08. The molecule has 0 saturated carbocycles. The molecular formula is C18H16N2O2. The lowest BCUT2D eigenvalue weighted by atomic mass is 10.1. The highest BCUT2D eigenvalue weighted by Gasteiger charge is 2.18. The van der Waals surface area contributed by atoms with Crippen molar-refractivity contribution >= 4 is 5.91 Å². The van der Waals surface area contributed by atoms with Crippen molar-refractivity contribution in [2.24, 2.45) is 5.73 Å². The number of primary amides is 1. The summed E-state index contributed by atoms with van der Waals surface area (Å²) in [5.41, 5.74) is 8.12. The molecule has 0 aliphatic heterocycles. The fourth-order valence-electron chi connectivity index (χ4n) is 2.35. The summed E-state index contributed by atoms with van der Waals surface area (Å²) in [7, 11) is 0. The van der Waals surface area contributed by atoms with E-state index in [0.717, 1.165) is 11.1 Å². The average Bonchev–Trinajstić information content (AvgIpc) is 2.92. The van der Waals surface area contributed by atoms with Gasteiger partial charge >= 0.3 is 0 Å². The van der Waals surface area contributed by atoms with E-state index in [1.807, 2.05) is 60.7 Å². The van der Waals surface area contributed by atoms with Gasteiger partial charge in [0.15, 0.2) is 5.89 Å². The van der Waals surface area contributed by atoms with Gasteiger partial charge in [-0.25, -0.2) is 4.98 Å². The summed E-state index contributed by atoms with van der Waals surface area (Å²) in [5.74, 6) is 0.0680. The van der Waals surface area contributed by atoms with Gasteiger partial charge < -0.3 is 10.2 Å². The van der Waals surface area contributed by atoms with E-state index < -0.39 is 5.91 Å². The van der Waals surface area contributed by atoms with E-state index in [9.17, 15) is 4.79 Å². The van der Waals surface area contributed by atoms with Crippen molar-refractivity contribution in [1.29, 1.82) is 0 Å². The van der Waals surface area contributed by atoms with Crippen LogP contribution in [0.4, 0.5) is 0 Å². The minimum Gasteiger partial charge on any atom is -0.435 e. The van der Waals surface area contributed by atoms with Crippen LogP contribution in [0, 0.1) is 0 Å². The Morgan fingerprint density at radius 3 is 2.00 bits per heavy atom. The molecule has 0 aliphatic rings. The predicted molar refractivity (Wildman–Crippen MR) is 83.5 cm³/mol. The van der Waals surface area contributed by atoms with Crippen molar-refractivity contribution in [2.45, 2.75) is 12.8 Å². The molecule has 3 rings (SSSR count). The monoisotopic (exact) mass is 292 g/mol. The van der Waals surface area contributed by atoms with Gasteiger partial charge in [-0.1, -0.05) is 60.7 Å². The fraction of sp³-hybridized carbons (Fsp3) is 0.111. The van der Waals surface area contributed by atoms with Crippen LogP contribution in [0.5, 0.6) is 0 Å². The number of carbonyl (C=O) groups is 1. The van der Waals surface area contributed by atoms with Crippen LogP contribution in [0.25, 0.3) is 0 Å². The Bertz CT molecular complexity index is 764. The smallest absolute Gasteiger partial charge is 0.286 e. The van der Waals surface area contributed by atoms with E-state index in [2.05, 4.69) is 4.98 Å². The van der Waals surface area contributed by atoms with Crippen molar-refractivity contribution in [3.05, 3.63) is 89.1 Å². The maximum absolute atomic E-state index is 11.6. The quantitative estimate of drug-likeness (QED) is 0.786. The molecule has 0 radical (unpaired) electrons. The minimum absolute atomic E-state index is 0.148. The Kier molecular flexibility index (Phi) is 4.01. The summed E-state index contributed by atoms with van der Waals surface area (Å²) in [4.78, 5) is 16.0. The van der Waals surface area contributed by atoms with Crippen LogP contribution >= 0.6 is 0 Å². The number of aromatic nitrogens is 1. The zero-order valence-electron chi connectivity index (χ0n) is 12.0. The number of nitrogens with two attached hydrogens (primary N) is 1. The third-order valence-electron chi connectivity index (χ3n) is 3.38. The number of hydrogen-bond acceptors (Lipinski definition) is 3. The Morgan fingerprint density at radius 2 is 1.45 bits per heavy atom. The molecule has 0 atom stereocenters. The van der Waals surface area contributed by atoms with Crippen LogP contribution in [0.3, 0.4) is 0 Å². The van der Waals surface area contributed by atoms with E-state index >= 15 is 0 Å². The molecule has 1 amide bonds. The summed E-state index contributed by atoms with van der Waals surface area (Å²) in [6, 6.07) is 19.7. The van der Waals surface area contributed by atoms with Crippen LogP contribution in [0.15, 0.2) is 65.1 Å². The third kappa shape index (κ3) is 3.23. The van der Waals surface area contributed by atoms with E-state index in [-0.39, 0.29) is 5.76 Å². The Hall–Kier alpha value is -2.88. The first kappa shape index (κ1) is 14.1. The number of rotatable bonds is 5. The first-order valence-electron chi connectivity index (χ1n) is 7.08. The van der Waals surface area contributed by atoms with Gasteiger partial charge in [-0.3, -0.25) is 4.79 Å². The molecule has 1 aromatic heterocycles. The molecule has 4 heteroatoms. The second kappa shape index (κ2) is 6.26. The maximum Gasteiger partial charge on any atom is 0.286 e. The molecule has 3 aromatic rings. The summed E-state index contributed by atoms with van der Waals surface area (Å²) < 4.78 is 5.57. The van der Waals surface area contributed by atoms with Gasteiger partial charge in [0.25, 0.3) is 5.91 Å². The van der Waals surface area contributed by atoms with Gasteiger partial charge in [-0.2, -0.15) is 0 Å². The van der Waals surface area contributed by atoms with E-state index in [0.29, 0.717) is 24.4 Å². The molecule has 2 aromatic carbocycles. The highest BCUT2D eigenvalue weighted by Crippen LogP contribution is 2.17. The molecule has 1 heterocycles. The number of carbonyl (C=O) groups excluding carboxylic acids is 1. The van der Waals surface area contributed by atoms with Crippen LogP contribution < -0.4 is 5.73 Å². The molecule has 0 unspecified atom stereocenters. The average molecular weight is 292 g/mol. The Labute approximate surface area is 128 Å². The summed E-state index contributed by atoms with van der Waals surface area (Å²) in [5, 5.41) is 0. The molecule has 22 heavy (non-hydrogen) atoms. The predicted octanol–water partition coefficient (Wildman–Crippen LogP) is 2.96. The first-order chi connectivity index (χ1) is 10.7. The molecule has 110 valence electrons. The highest BCUT2D eigenvalue weighted by molar-refractivity contribution is 5.91. The minimum atomic E-state index is -0.585. The van der Waals surface area contributed by atoms with Crippen LogP contribution in [-0.2, 0) is 12.8 Å². The lowest BCUT2D eigenvalue weighted by molar-refractivity contribution is 0.0971. The van der Waals surface area contributed by atoms with Crippen molar-refractivity contribution in [2.75, 3.05) is 0 Å². The van der Waals surface area contributed by atoms with Crippen LogP contribution in [-0.4, -0.2) is 10.9 Å². The van der Waals surface area contributed by atoms with E-state index in [1.54, 1.807) is 0 Å². The lowest BCUT2D eigenvalue weighted by Gasteiger charge is -1.98. The van der Waals surface area contributed by atoms with Gasteiger partial charge in [0.1, 0.15) is 0 Å². The number of oxazole rings is 1. The van der Waals surface area contributed by atoms with Crippen LogP contribution in [0.1, 0.15) is 33.3 Å². The summed E-state index contributed by atoms with van der Waals surface area (Å²) in [6.07, 6.45) is 1.06. The topological polar surface area (TPSA) is 69.1 Å². The standard InChI is InChI=1S/C18H16N2O2/c19-18(21)17-15(11-13-7-3-1-4-8-13)20-16(22-17)12-14-9-5-2-6-10-14/h1-10H,11-12H2,(H2,19,21). The van der Waals surface area contributed by atoms with Gasteiger partial charge in [-0.05, 0) is 11.1 Å². The second-order valence-electron chi connectivity index (χ2n) is 5.07. The molecule has 4 nitrogen and oxygen atoms in total. The molecule has 2 N–H and O–H groups in total.